The van der Waals surface area contributed by atoms with E-state index in [2.05, 4.69) is 22.5 Å². The van der Waals surface area contributed by atoms with E-state index in [-0.39, 0.29) is 5.70 Å². The molecule has 3 nitrogen and oxygen atoms in total. The number of hydrogen-bond acceptors (Lipinski definition) is 2. The van der Waals surface area contributed by atoms with Crippen LogP contribution in [0.25, 0.3) is 0 Å². The second kappa shape index (κ2) is 5.46. The zero-order valence-corrected chi connectivity index (χ0v) is 9.61. The van der Waals surface area contributed by atoms with Gasteiger partial charge in [0, 0.05) is 5.57 Å². The Morgan fingerprint density at radius 2 is 2.07 bits per heavy atom. The van der Waals surface area contributed by atoms with Gasteiger partial charge in [0.25, 0.3) is 5.70 Å². The Morgan fingerprint density at radius 3 is 2.73 bits per heavy atom. The normalized spacial score (nSPS) is 23.4. The van der Waals surface area contributed by atoms with Crippen molar-refractivity contribution in [3.05, 3.63) is 68.9 Å². The van der Waals surface area contributed by atoms with Crippen molar-refractivity contribution in [2.75, 3.05) is 0 Å². The third-order valence-corrected chi connectivity index (χ3v) is 2.43. The summed E-state index contributed by atoms with van der Waals surface area (Å²) >= 11 is 3.17. The maximum atomic E-state index is 10.8. The third kappa shape index (κ3) is 3.32. The summed E-state index contributed by atoms with van der Waals surface area (Å²) in [5.74, 6) is 0. The van der Waals surface area contributed by atoms with Gasteiger partial charge in [-0.05, 0) is 34.5 Å². The fourth-order valence-electron chi connectivity index (χ4n) is 1.09. The highest BCUT2D eigenvalue weighted by atomic mass is 79.9. The van der Waals surface area contributed by atoms with Crippen molar-refractivity contribution < 1.29 is 4.92 Å². The van der Waals surface area contributed by atoms with Gasteiger partial charge in [-0.1, -0.05) is 30.9 Å². The summed E-state index contributed by atoms with van der Waals surface area (Å²) in [5.41, 5.74) is 0.376. The Kier molecular flexibility index (Phi) is 4.24. The molecule has 4 heteroatoms. The van der Waals surface area contributed by atoms with Crippen molar-refractivity contribution in [1.29, 1.82) is 0 Å². The van der Waals surface area contributed by atoms with Crippen LogP contribution in [0.5, 0.6) is 0 Å². The number of rotatable bonds is 1. The SMILES string of the molecule is C=C1/C=C\C=C/C/C=C\C(Br)=C1[N+](=O)[O-]. The lowest BCUT2D eigenvalue weighted by molar-refractivity contribution is -0.420. The summed E-state index contributed by atoms with van der Waals surface area (Å²) in [6, 6.07) is 0. The molecular formula is C11H10BrNO2. The first-order valence-electron chi connectivity index (χ1n) is 4.36. The summed E-state index contributed by atoms with van der Waals surface area (Å²) < 4.78 is 0.442. The molecule has 1 aliphatic rings. The van der Waals surface area contributed by atoms with Crippen molar-refractivity contribution in [3.63, 3.8) is 0 Å². The van der Waals surface area contributed by atoms with Crippen LogP contribution < -0.4 is 0 Å². The van der Waals surface area contributed by atoms with E-state index < -0.39 is 4.92 Å². The van der Waals surface area contributed by atoms with Crippen LogP contribution in [-0.4, -0.2) is 4.92 Å². The zero-order chi connectivity index (χ0) is 11.3. The van der Waals surface area contributed by atoms with E-state index in [1.807, 2.05) is 18.2 Å². The number of nitro groups is 1. The standard InChI is InChI=1S/C11H10BrNO2/c1-9-7-5-3-2-4-6-8-10(12)11(9)13(14)15/h2-3,5-8H,1,4H2/b3-2-,7-5-,8-6-,11-10?. The highest BCUT2D eigenvalue weighted by Gasteiger charge is 2.17. The Bertz CT molecular complexity index is 403. The first-order valence-corrected chi connectivity index (χ1v) is 5.15. The van der Waals surface area contributed by atoms with E-state index in [1.165, 1.54) is 0 Å². The maximum absolute atomic E-state index is 10.8. The van der Waals surface area contributed by atoms with Crippen molar-refractivity contribution in [2.45, 2.75) is 6.42 Å². The average molecular weight is 268 g/mol. The molecule has 0 aromatic rings. The van der Waals surface area contributed by atoms with Crippen LogP contribution in [0.2, 0.25) is 0 Å². The second-order valence-corrected chi connectivity index (χ2v) is 3.76. The Morgan fingerprint density at radius 1 is 1.33 bits per heavy atom. The van der Waals surface area contributed by atoms with Crippen molar-refractivity contribution in [1.82, 2.24) is 0 Å². The summed E-state index contributed by atoms with van der Waals surface area (Å²) in [5, 5.41) is 10.8. The van der Waals surface area contributed by atoms with Gasteiger partial charge in [-0.15, -0.1) is 0 Å². The van der Waals surface area contributed by atoms with E-state index in [9.17, 15) is 10.1 Å². The molecule has 0 unspecified atom stereocenters. The smallest absolute Gasteiger partial charge is 0.258 e. The van der Waals surface area contributed by atoms with Crippen LogP contribution >= 0.6 is 15.9 Å². The number of hydrogen-bond donors (Lipinski definition) is 0. The van der Waals surface area contributed by atoms with Crippen LogP contribution in [0.15, 0.2) is 58.8 Å². The summed E-state index contributed by atoms with van der Waals surface area (Å²) in [4.78, 5) is 10.4. The molecule has 0 fully saturated rings. The molecule has 0 heterocycles. The van der Waals surface area contributed by atoms with Crippen LogP contribution in [-0.2, 0) is 0 Å². The van der Waals surface area contributed by atoms with Crippen LogP contribution in [0.1, 0.15) is 6.42 Å². The van der Waals surface area contributed by atoms with Crippen molar-refractivity contribution in [3.8, 4) is 0 Å². The highest BCUT2D eigenvalue weighted by Crippen LogP contribution is 2.22. The van der Waals surface area contributed by atoms with E-state index in [4.69, 9.17) is 0 Å². The minimum absolute atomic E-state index is 0.00204. The highest BCUT2D eigenvalue weighted by molar-refractivity contribution is 9.11. The topological polar surface area (TPSA) is 43.1 Å². The fourth-order valence-corrected chi connectivity index (χ4v) is 1.68. The van der Waals surface area contributed by atoms with Crippen LogP contribution in [0.3, 0.4) is 0 Å². The lowest BCUT2D eigenvalue weighted by atomic mass is 10.1. The van der Waals surface area contributed by atoms with Gasteiger partial charge < -0.3 is 0 Å². The molecule has 78 valence electrons. The number of allylic oxidation sites excluding steroid dienone is 7. The fraction of sp³-hybridized carbons (Fsp3) is 0.0909. The third-order valence-electron chi connectivity index (χ3n) is 1.79. The summed E-state index contributed by atoms with van der Waals surface area (Å²) in [6.45, 7) is 3.66. The minimum Gasteiger partial charge on any atom is -0.258 e. The van der Waals surface area contributed by atoms with Gasteiger partial charge in [-0.3, -0.25) is 10.1 Å². The van der Waals surface area contributed by atoms with Gasteiger partial charge in [0.05, 0.1) is 9.41 Å². The van der Waals surface area contributed by atoms with E-state index >= 15 is 0 Å². The predicted molar refractivity (Wildman–Crippen MR) is 64.1 cm³/mol. The largest absolute Gasteiger partial charge is 0.290 e. The summed E-state index contributed by atoms with van der Waals surface area (Å²) in [7, 11) is 0. The Balaban J connectivity index is 3.17. The van der Waals surface area contributed by atoms with Gasteiger partial charge in [-0.2, -0.15) is 0 Å². The molecule has 0 N–H and O–H groups in total. The van der Waals surface area contributed by atoms with Crippen LogP contribution in [0.4, 0.5) is 0 Å². The molecule has 0 radical (unpaired) electrons. The first kappa shape index (κ1) is 11.7. The molecule has 0 aliphatic heterocycles. The predicted octanol–water partition coefficient (Wildman–Crippen LogP) is 3.50. The van der Waals surface area contributed by atoms with Gasteiger partial charge in [-0.25, -0.2) is 0 Å². The lowest BCUT2D eigenvalue weighted by Gasteiger charge is -2.00. The molecule has 0 amide bonds. The van der Waals surface area contributed by atoms with E-state index in [0.29, 0.717) is 10.1 Å². The molecule has 0 atom stereocenters. The van der Waals surface area contributed by atoms with E-state index in [0.717, 1.165) is 6.42 Å². The molecule has 1 aliphatic carbocycles. The first-order chi connectivity index (χ1) is 7.13. The second-order valence-electron chi connectivity index (χ2n) is 2.90. The zero-order valence-electron chi connectivity index (χ0n) is 8.02. The molecule has 15 heavy (non-hydrogen) atoms. The van der Waals surface area contributed by atoms with Crippen molar-refractivity contribution in [2.24, 2.45) is 0 Å². The molecule has 0 aromatic heterocycles. The molecule has 0 aromatic carbocycles. The molecular weight excluding hydrogens is 258 g/mol. The number of nitrogens with zero attached hydrogens (tertiary/aromatic N) is 1. The van der Waals surface area contributed by atoms with Gasteiger partial charge in [0.15, 0.2) is 0 Å². The van der Waals surface area contributed by atoms with Gasteiger partial charge in [0.1, 0.15) is 0 Å². The molecule has 0 bridgehead atoms. The lowest BCUT2D eigenvalue weighted by Crippen LogP contribution is -2.01. The molecule has 1 rings (SSSR count). The number of halogens is 1. The van der Waals surface area contributed by atoms with Crippen molar-refractivity contribution >= 4 is 15.9 Å². The quantitative estimate of drug-likeness (QED) is 0.539. The average Bonchev–Trinajstić information content (AvgIpc) is 2.15. The molecule has 0 saturated carbocycles. The van der Waals surface area contributed by atoms with E-state index in [1.54, 1.807) is 18.2 Å². The van der Waals surface area contributed by atoms with Gasteiger partial charge in [0.2, 0.25) is 0 Å². The molecule has 0 saturated heterocycles. The molecule has 0 spiro atoms. The monoisotopic (exact) mass is 267 g/mol. The van der Waals surface area contributed by atoms with Gasteiger partial charge >= 0.3 is 0 Å². The minimum atomic E-state index is -0.438. The maximum Gasteiger partial charge on any atom is 0.290 e. The Labute approximate surface area is 96.5 Å². The Hall–Kier alpha value is -1.42. The van der Waals surface area contributed by atoms with Crippen LogP contribution in [0, 0.1) is 10.1 Å². The summed E-state index contributed by atoms with van der Waals surface area (Å²) in [6.07, 6.45) is 11.4.